The van der Waals surface area contributed by atoms with Gasteiger partial charge in [-0.25, -0.2) is 4.39 Å². The Balaban J connectivity index is 2.45. The molecule has 0 aromatic heterocycles. The van der Waals surface area contributed by atoms with Crippen molar-refractivity contribution in [3.63, 3.8) is 0 Å². The smallest absolute Gasteiger partial charge is 0.325 e. The molecule has 94 valence electrons. The number of benzene rings is 1. The molecule has 1 N–H and O–H groups in total. The number of carbonyl (C=O) groups excluding carboxylic acids is 1. The Labute approximate surface area is 109 Å². The number of nitrogens with one attached hydrogen (secondary N) is 1. The van der Waals surface area contributed by atoms with Crippen LogP contribution < -0.4 is 5.32 Å². The third-order valence-electron chi connectivity index (χ3n) is 2.10. The molecule has 0 amide bonds. The Hall–Kier alpha value is -0.840. The average molecular weight is 280 g/mol. The van der Waals surface area contributed by atoms with Gasteiger partial charge < -0.3 is 10.1 Å². The molecule has 0 fully saturated rings. The zero-order chi connectivity index (χ0) is 12.8. The minimum Gasteiger partial charge on any atom is -0.468 e. The molecule has 0 heterocycles. The third kappa shape index (κ3) is 4.50. The number of hydrogen-bond acceptors (Lipinski definition) is 3. The van der Waals surface area contributed by atoms with Gasteiger partial charge in [0.05, 0.1) is 7.11 Å². The zero-order valence-electron chi connectivity index (χ0n) is 9.17. The lowest BCUT2D eigenvalue weighted by molar-refractivity contribution is -0.140. The number of methoxy groups -OCH3 is 1. The maximum Gasteiger partial charge on any atom is 0.325 e. The van der Waals surface area contributed by atoms with Gasteiger partial charge in [0.15, 0.2) is 0 Å². The monoisotopic (exact) mass is 279 g/mol. The highest BCUT2D eigenvalue weighted by molar-refractivity contribution is 6.31. The van der Waals surface area contributed by atoms with Crippen LogP contribution in [0.3, 0.4) is 0 Å². The molecule has 17 heavy (non-hydrogen) atoms. The van der Waals surface area contributed by atoms with E-state index in [0.29, 0.717) is 17.1 Å². The summed E-state index contributed by atoms with van der Waals surface area (Å²) in [4.78, 5) is 11.0. The van der Waals surface area contributed by atoms with Gasteiger partial charge >= 0.3 is 5.97 Å². The molecule has 0 radical (unpaired) electrons. The summed E-state index contributed by atoms with van der Waals surface area (Å²) >= 11 is 11.6. The van der Waals surface area contributed by atoms with Crippen molar-refractivity contribution in [3.8, 4) is 0 Å². The molecule has 1 aromatic carbocycles. The summed E-state index contributed by atoms with van der Waals surface area (Å²) in [6, 6.07) is 4.09. The standard InChI is InChI=1S/C11H12Cl2FNO2/c1-17-11(16)10(13)6-15-5-7-4-8(14)2-3-9(7)12/h2-4,10,15H,5-6H2,1H3. The predicted molar refractivity (Wildman–Crippen MR) is 64.8 cm³/mol. The quantitative estimate of drug-likeness (QED) is 0.664. The maximum absolute atomic E-state index is 12.9. The summed E-state index contributed by atoms with van der Waals surface area (Å²) in [5, 5.41) is 2.59. The van der Waals surface area contributed by atoms with Gasteiger partial charge in [0.2, 0.25) is 0 Å². The lowest BCUT2D eigenvalue weighted by Gasteiger charge is -2.09. The van der Waals surface area contributed by atoms with Crippen LogP contribution in [0.15, 0.2) is 18.2 Å². The summed E-state index contributed by atoms with van der Waals surface area (Å²) < 4.78 is 17.4. The minimum atomic E-state index is -0.771. The van der Waals surface area contributed by atoms with Gasteiger partial charge in [0.1, 0.15) is 11.2 Å². The van der Waals surface area contributed by atoms with Crippen molar-refractivity contribution in [1.29, 1.82) is 0 Å². The van der Waals surface area contributed by atoms with E-state index in [-0.39, 0.29) is 12.4 Å². The second kappa shape index (κ2) is 6.79. The van der Waals surface area contributed by atoms with Crippen molar-refractivity contribution in [2.24, 2.45) is 0 Å². The third-order valence-corrected chi connectivity index (χ3v) is 2.80. The molecule has 1 aromatic rings. The van der Waals surface area contributed by atoms with Crippen LogP contribution in [0, 0.1) is 5.82 Å². The van der Waals surface area contributed by atoms with Gasteiger partial charge in [-0.3, -0.25) is 4.79 Å². The fraction of sp³-hybridized carbons (Fsp3) is 0.364. The van der Waals surface area contributed by atoms with E-state index in [1.54, 1.807) is 0 Å². The van der Waals surface area contributed by atoms with Crippen LogP contribution in [0.1, 0.15) is 5.56 Å². The lowest BCUT2D eigenvalue weighted by atomic mass is 10.2. The van der Waals surface area contributed by atoms with E-state index < -0.39 is 11.3 Å². The summed E-state index contributed by atoms with van der Waals surface area (Å²) in [7, 11) is 1.27. The van der Waals surface area contributed by atoms with Crippen molar-refractivity contribution >= 4 is 29.2 Å². The molecule has 0 saturated carbocycles. The number of ether oxygens (including phenoxy) is 1. The molecule has 0 aliphatic heterocycles. The molecule has 1 unspecified atom stereocenters. The Morgan fingerprint density at radius 1 is 1.59 bits per heavy atom. The van der Waals surface area contributed by atoms with Crippen LogP contribution in [-0.2, 0) is 16.1 Å². The largest absolute Gasteiger partial charge is 0.468 e. The van der Waals surface area contributed by atoms with Crippen LogP contribution in [0.2, 0.25) is 5.02 Å². The second-order valence-corrected chi connectivity index (χ2v) is 4.29. The molecule has 1 atom stereocenters. The van der Waals surface area contributed by atoms with Crippen LogP contribution in [0.25, 0.3) is 0 Å². The zero-order valence-corrected chi connectivity index (χ0v) is 10.7. The molecule has 0 spiro atoms. The first-order valence-electron chi connectivity index (χ1n) is 4.91. The predicted octanol–water partition coefficient (Wildman–Crippen LogP) is 2.35. The van der Waals surface area contributed by atoms with Gasteiger partial charge in [-0.15, -0.1) is 11.6 Å². The number of carbonyl (C=O) groups is 1. The van der Waals surface area contributed by atoms with E-state index in [1.807, 2.05) is 0 Å². The SMILES string of the molecule is COC(=O)C(Cl)CNCc1cc(F)ccc1Cl. The van der Waals surface area contributed by atoms with Crippen molar-refractivity contribution < 1.29 is 13.9 Å². The molecule has 3 nitrogen and oxygen atoms in total. The number of halogens is 3. The maximum atomic E-state index is 12.9. The molecule has 0 aliphatic carbocycles. The van der Waals surface area contributed by atoms with E-state index in [2.05, 4.69) is 10.1 Å². The van der Waals surface area contributed by atoms with E-state index >= 15 is 0 Å². The Morgan fingerprint density at radius 3 is 2.94 bits per heavy atom. The first-order valence-corrected chi connectivity index (χ1v) is 5.72. The Kier molecular flexibility index (Phi) is 5.68. The molecule has 0 saturated heterocycles. The number of hydrogen-bond donors (Lipinski definition) is 1. The highest BCUT2D eigenvalue weighted by Gasteiger charge is 2.14. The minimum absolute atomic E-state index is 0.223. The van der Waals surface area contributed by atoms with Gasteiger partial charge in [-0.05, 0) is 23.8 Å². The molecule has 0 bridgehead atoms. The van der Waals surface area contributed by atoms with Gasteiger partial charge in [0.25, 0.3) is 0 Å². The lowest BCUT2D eigenvalue weighted by Crippen LogP contribution is -2.29. The number of esters is 1. The van der Waals surface area contributed by atoms with E-state index in [0.717, 1.165) is 0 Å². The van der Waals surface area contributed by atoms with E-state index in [4.69, 9.17) is 23.2 Å². The second-order valence-electron chi connectivity index (χ2n) is 3.36. The summed E-state index contributed by atoms with van der Waals surface area (Å²) in [6.45, 7) is 0.553. The first kappa shape index (κ1) is 14.2. The normalized spacial score (nSPS) is 12.2. The van der Waals surface area contributed by atoms with Gasteiger partial charge in [-0.2, -0.15) is 0 Å². The fourth-order valence-electron chi connectivity index (χ4n) is 1.22. The molecule has 1 rings (SSSR count). The number of alkyl halides is 1. The van der Waals surface area contributed by atoms with Crippen molar-refractivity contribution in [2.45, 2.75) is 11.9 Å². The number of rotatable bonds is 5. The summed E-state index contributed by atoms with van der Waals surface area (Å²) in [5.74, 6) is -0.869. The topological polar surface area (TPSA) is 38.3 Å². The van der Waals surface area contributed by atoms with Gasteiger partial charge in [-0.1, -0.05) is 11.6 Å². The van der Waals surface area contributed by atoms with Crippen LogP contribution in [-0.4, -0.2) is 25.0 Å². The fourth-order valence-corrected chi connectivity index (χ4v) is 1.61. The first-order chi connectivity index (χ1) is 8.04. The van der Waals surface area contributed by atoms with E-state index in [9.17, 15) is 9.18 Å². The van der Waals surface area contributed by atoms with Gasteiger partial charge in [0, 0.05) is 18.1 Å². The molecular weight excluding hydrogens is 268 g/mol. The van der Waals surface area contributed by atoms with Crippen LogP contribution >= 0.6 is 23.2 Å². The van der Waals surface area contributed by atoms with Crippen molar-refractivity contribution in [2.75, 3.05) is 13.7 Å². The van der Waals surface area contributed by atoms with Crippen LogP contribution in [0.4, 0.5) is 4.39 Å². The van der Waals surface area contributed by atoms with Crippen LogP contribution in [0.5, 0.6) is 0 Å². The summed E-state index contributed by atoms with van der Waals surface area (Å²) in [6.07, 6.45) is 0. The van der Waals surface area contributed by atoms with Crippen molar-refractivity contribution in [1.82, 2.24) is 5.32 Å². The highest BCUT2D eigenvalue weighted by Crippen LogP contribution is 2.16. The molecule has 6 heteroatoms. The summed E-state index contributed by atoms with van der Waals surface area (Å²) in [5.41, 5.74) is 0.611. The molecule has 0 aliphatic rings. The van der Waals surface area contributed by atoms with E-state index in [1.165, 1.54) is 25.3 Å². The Morgan fingerprint density at radius 2 is 2.29 bits per heavy atom. The Bertz CT molecular complexity index is 401. The highest BCUT2D eigenvalue weighted by atomic mass is 35.5. The molecular formula is C11H12Cl2FNO2. The average Bonchev–Trinajstić information content (AvgIpc) is 2.32. The van der Waals surface area contributed by atoms with Crippen molar-refractivity contribution in [3.05, 3.63) is 34.6 Å².